The monoisotopic (exact) mass is 322 g/mol. The van der Waals surface area contributed by atoms with Crippen molar-refractivity contribution in [2.24, 2.45) is 0 Å². The van der Waals surface area contributed by atoms with Crippen LogP contribution in [0, 0.1) is 0 Å². The van der Waals surface area contributed by atoms with E-state index in [0.29, 0.717) is 18.1 Å². The molecule has 2 N–H and O–H groups in total. The molecule has 0 aromatic heterocycles. The molecule has 0 amide bonds. The van der Waals surface area contributed by atoms with Crippen molar-refractivity contribution < 1.29 is 8.42 Å². The minimum atomic E-state index is -3.48. The van der Waals surface area contributed by atoms with E-state index in [1.807, 2.05) is 6.26 Å². The van der Waals surface area contributed by atoms with Gasteiger partial charge in [0.1, 0.15) is 0 Å². The first kappa shape index (κ1) is 16.8. The molecule has 0 spiro atoms. The Morgan fingerprint density at radius 2 is 2.00 bits per heavy atom. The van der Waals surface area contributed by atoms with Gasteiger partial charge in [-0.15, -0.1) is 11.8 Å². The van der Waals surface area contributed by atoms with Gasteiger partial charge in [-0.3, -0.25) is 0 Å². The Balaban J connectivity index is 2.64. The molecule has 0 heterocycles. The van der Waals surface area contributed by atoms with Gasteiger partial charge in [-0.2, -0.15) is 0 Å². The summed E-state index contributed by atoms with van der Waals surface area (Å²) in [6.07, 6.45) is 2.92. The molecule has 0 fully saturated rings. The standard InChI is InChI=1S/C12H19ClN2O2S2/c1-3-6-14-7-8-15-19(16,17)10-4-5-12(18-2)11(13)9-10/h4-5,9,14-15H,3,6-8H2,1-2H3. The zero-order valence-corrected chi connectivity index (χ0v) is 13.5. The molecule has 7 heteroatoms. The Hall–Kier alpha value is -0.270. The first-order valence-electron chi connectivity index (χ1n) is 6.05. The molecule has 1 aromatic carbocycles. The summed E-state index contributed by atoms with van der Waals surface area (Å²) in [5.41, 5.74) is 0. The molecule has 0 aliphatic carbocycles. The van der Waals surface area contributed by atoms with Gasteiger partial charge in [0.25, 0.3) is 0 Å². The average Bonchev–Trinajstić information content (AvgIpc) is 2.38. The van der Waals surface area contributed by atoms with Crippen LogP contribution in [0.2, 0.25) is 5.02 Å². The summed E-state index contributed by atoms with van der Waals surface area (Å²) < 4.78 is 26.6. The number of nitrogens with one attached hydrogen (secondary N) is 2. The highest BCUT2D eigenvalue weighted by Crippen LogP contribution is 2.27. The lowest BCUT2D eigenvalue weighted by atomic mass is 10.4. The fourth-order valence-corrected chi connectivity index (χ4v) is 3.47. The highest BCUT2D eigenvalue weighted by Gasteiger charge is 2.14. The summed E-state index contributed by atoms with van der Waals surface area (Å²) in [6, 6.07) is 4.77. The lowest BCUT2D eigenvalue weighted by Gasteiger charge is -2.09. The summed E-state index contributed by atoms with van der Waals surface area (Å²) in [7, 11) is -3.48. The summed E-state index contributed by atoms with van der Waals surface area (Å²) in [4.78, 5) is 1.07. The van der Waals surface area contributed by atoms with Crippen LogP contribution >= 0.6 is 23.4 Å². The van der Waals surface area contributed by atoms with Crippen LogP contribution in [0.25, 0.3) is 0 Å². The highest BCUT2D eigenvalue weighted by atomic mass is 35.5. The maximum Gasteiger partial charge on any atom is 0.240 e. The van der Waals surface area contributed by atoms with Gasteiger partial charge in [0, 0.05) is 18.0 Å². The Labute approximate surface area is 124 Å². The van der Waals surface area contributed by atoms with Gasteiger partial charge in [-0.05, 0) is 37.4 Å². The van der Waals surface area contributed by atoms with Crippen LogP contribution in [0.1, 0.15) is 13.3 Å². The topological polar surface area (TPSA) is 58.2 Å². The summed E-state index contributed by atoms with van der Waals surface area (Å²) in [6.45, 7) is 3.93. The summed E-state index contributed by atoms with van der Waals surface area (Å²) in [5, 5.41) is 3.59. The molecule has 4 nitrogen and oxygen atoms in total. The Morgan fingerprint density at radius 3 is 2.58 bits per heavy atom. The highest BCUT2D eigenvalue weighted by molar-refractivity contribution is 7.98. The van der Waals surface area contributed by atoms with Gasteiger partial charge in [-0.1, -0.05) is 18.5 Å². The molecular weight excluding hydrogens is 304 g/mol. The van der Waals surface area contributed by atoms with Crippen molar-refractivity contribution in [3.05, 3.63) is 23.2 Å². The zero-order chi connectivity index (χ0) is 14.3. The molecule has 0 saturated carbocycles. The molecule has 0 unspecified atom stereocenters. The Bertz CT molecular complexity index is 506. The van der Waals surface area contributed by atoms with Gasteiger partial charge in [0.2, 0.25) is 10.0 Å². The number of rotatable bonds is 8. The lowest BCUT2D eigenvalue weighted by molar-refractivity contribution is 0.575. The number of thioether (sulfide) groups is 1. The molecule has 0 aliphatic rings. The van der Waals surface area contributed by atoms with Crippen molar-refractivity contribution in [2.45, 2.75) is 23.1 Å². The second-order valence-electron chi connectivity index (χ2n) is 3.94. The fourth-order valence-electron chi connectivity index (χ4n) is 1.47. The van der Waals surface area contributed by atoms with Crippen LogP contribution in [-0.4, -0.2) is 34.3 Å². The second-order valence-corrected chi connectivity index (χ2v) is 6.97. The molecule has 0 bridgehead atoms. The van der Waals surface area contributed by atoms with Crippen LogP contribution < -0.4 is 10.0 Å². The van der Waals surface area contributed by atoms with Gasteiger partial charge in [-0.25, -0.2) is 13.1 Å². The van der Waals surface area contributed by atoms with Crippen LogP contribution in [-0.2, 0) is 10.0 Å². The van der Waals surface area contributed by atoms with E-state index in [9.17, 15) is 8.42 Å². The van der Waals surface area contributed by atoms with Crippen molar-refractivity contribution in [3.8, 4) is 0 Å². The minimum Gasteiger partial charge on any atom is -0.315 e. The second kappa shape index (κ2) is 8.11. The van der Waals surface area contributed by atoms with E-state index in [4.69, 9.17) is 11.6 Å². The Morgan fingerprint density at radius 1 is 1.26 bits per heavy atom. The van der Waals surface area contributed by atoms with Gasteiger partial charge in [0.05, 0.1) is 9.92 Å². The Kier molecular flexibility index (Phi) is 7.17. The van der Waals surface area contributed by atoms with Crippen LogP contribution in [0.3, 0.4) is 0 Å². The van der Waals surface area contributed by atoms with E-state index in [0.717, 1.165) is 17.9 Å². The number of hydrogen-bond donors (Lipinski definition) is 2. The van der Waals surface area contributed by atoms with E-state index in [1.54, 1.807) is 12.1 Å². The van der Waals surface area contributed by atoms with Crippen molar-refractivity contribution >= 4 is 33.4 Å². The SMILES string of the molecule is CCCNCCNS(=O)(=O)c1ccc(SC)c(Cl)c1. The maximum atomic E-state index is 12.0. The molecule has 0 radical (unpaired) electrons. The predicted octanol–water partition coefficient (Wildman–Crippen LogP) is 2.34. The molecule has 0 saturated heterocycles. The summed E-state index contributed by atoms with van der Waals surface area (Å²) in [5.74, 6) is 0. The molecule has 0 atom stereocenters. The largest absolute Gasteiger partial charge is 0.315 e. The number of sulfonamides is 1. The van der Waals surface area contributed by atoms with Crippen molar-refractivity contribution in [2.75, 3.05) is 25.9 Å². The third kappa shape index (κ3) is 5.31. The molecule has 108 valence electrons. The average molecular weight is 323 g/mol. The van der Waals surface area contributed by atoms with Crippen LogP contribution in [0.5, 0.6) is 0 Å². The van der Waals surface area contributed by atoms with Gasteiger partial charge >= 0.3 is 0 Å². The predicted molar refractivity (Wildman–Crippen MR) is 81.6 cm³/mol. The minimum absolute atomic E-state index is 0.200. The van der Waals surface area contributed by atoms with E-state index in [2.05, 4.69) is 17.0 Å². The van der Waals surface area contributed by atoms with Crippen molar-refractivity contribution in [1.82, 2.24) is 10.0 Å². The quantitative estimate of drug-likeness (QED) is 0.570. The fraction of sp³-hybridized carbons (Fsp3) is 0.500. The van der Waals surface area contributed by atoms with Crippen LogP contribution in [0.15, 0.2) is 28.0 Å². The van der Waals surface area contributed by atoms with Gasteiger partial charge < -0.3 is 5.32 Å². The number of benzene rings is 1. The normalized spacial score (nSPS) is 11.7. The molecule has 1 aromatic rings. The first-order valence-corrected chi connectivity index (χ1v) is 9.13. The molecule has 19 heavy (non-hydrogen) atoms. The summed E-state index contributed by atoms with van der Waals surface area (Å²) >= 11 is 7.50. The third-order valence-corrected chi connectivity index (χ3v) is 5.13. The molecular formula is C12H19ClN2O2S2. The van der Waals surface area contributed by atoms with E-state index in [1.165, 1.54) is 17.8 Å². The van der Waals surface area contributed by atoms with E-state index < -0.39 is 10.0 Å². The van der Waals surface area contributed by atoms with E-state index >= 15 is 0 Å². The van der Waals surface area contributed by atoms with Crippen molar-refractivity contribution in [3.63, 3.8) is 0 Å². The number of hydrogen-bond acceptors (Lipinski definition) is 4. The van der Waals surface area contributed by atoms with Crippen LogP contribution in [0.4, 0.5) is 0 Å². The maximum absolute atomic E-state index is 12.0. The molecule has 1 rings (SSSR count). The smallest absolute Gasteiger partial charge is 0.240 e. The van der Waals surface area contributed by atoms with E-state index in [-0.39, 0.29) is 4.90 Å². The van der Waals surface area contributed by atoms with Gasteiger partial charge in [0.15, 0.2) is 0 Å². The first-order chi connectivity index (χ1) is 9.01. The zero-order valence-electron chi connectivity index (χ0n) is 11.1. The van der Waals surface area contributed by atoms with Crippen molar-refractivity contribution in [1.29, 1.82) is 0 Å². The lowest BCUT2D eigenvalue weighted by Crippen LogP contribution is -2.32. The third-order valence-electron chi connectivity index (χ3n) is 2.45. The molecule has 0 aliphatic heterocycles. The number of halogens is 1.